The van der Waals surface area contributed by atoms with Crippen LogP contribution in [0.15, 0.2) is 18.2 Å². The monoisotopic (exact) mass is 252 g/mol. The molecule has 3 N–H and O–H groups in total. The number of hydrogen-bond donors (Lipinski definition) is 2. The van der Waals surface area contributed by atoms with Crippen LogP contribution in [0.4, 0.5) is 11.4 Å². The Morgan fingerprint density at radius 2 is 2.22 bits per heavy atom. The van der Waals surface area contributed by atoms with E-state index in [1.165, 1.54) is 7.11 Å². The molecule has 1 aromatic rings. The van der Waals surface area contributed by atoms with Crippen LogP contribution < -0.4 is 10.6 Å². The zero-order chi connectivity index (χ0) is 13.7. The highest BCUT2D eigenvalue weighted by Gasteiger charge is 2.11. The van der Waals surface area contributed by atoms with Crippen molar-refractivity contribution in [2.75, 3.05) is 31.3 Å². The van der Waals surface area contributed by atoms with Crippen LogP contribution in [-0.4, -0.2) is 37.9 Å². The van der Waals surface area contributed by atoms with Gasteiger partial charge in [0.25, 0.3) is 0 Å². The molecule has 0 aliphatic heterocycles. The molecule has 0 spiro atoms. The Balaban J connectivity index is 2.89. The Kier molecular flexibility index (Phi) is 4.97. The van der Waals surface area contributed by atoms with E-state index in [4.69, 9.17) is 5.73 Å². The first kappa shape index (κ1) is 14.3. The molecular formula is C13H20N2O3. The van der Waals surface area contributed by atoms with Gasteiger partial charge in [-0.3, -0.25) is 0 Å². The third-order valence-electron chi connectivity index (χ3n) is 2.75. The summed E-state index contributed by atoms with van der Waals surface area (Å²) in [6, 6.07) is 5.01. The lowest BCUT2D eigenvalue weighted by Crippen LogP contribution is -2.23. The van der Waals surface area contributed by atoms with Gasteiger partial charge >= 0.3 is 5.97 Å². The Hall–Kier alpha value is -1.75. The van der Waals surface area contributed by atoms with Gasteiger partial charge < -0.3 is 20.5 Å². The second kappa shape index (κ2) is 6.26. The second-order valence-corrected chi connectivity index (χ2v) is 4.32. The number of anilines is 2. The molecule has 0 fully saturated rings. The van der Waals surface area contributed by atoms with Crippen molar-refractivity contribution in [2.24, 2.45) is 0 Å². The van der Waals surface area contributed by atoms with Gasteiger partial charge in [0.2, 0.25) is 0 Å². The smallest absolute Gasteiger partial charge is 0.337 e. The quantitative estimate of drug-likeness (QED) is 0.609. The summed E-state index contributed by atoms with van der Waals surface area (Å²) in [4.78, 5) is 13.4. The molecule has 0 saturated heterocycles. The molecule has 5 nitrogen and oxygen atoms in total. The second-order valence-electron chi connectivity index (χ2n) is 4.32. The molecule has 0 aromatic heterocycles. The molecule has 0 aliphatic rings. The number of nitrogens with zero attached hydrogens (tertiary/aromatic N) is 1. The Labute approximate surface area is 107 Å². The summed E-state index contributed by atoms with van der Waals surface area (Å²) >= 11 is 0. The number of aliphatic hydroxyl groups is 1. The fourth-order valence-corrected chi connectivity index (χ4v) is 1.62. The number of benzene rings is 1. The van der Waals surface area contributed by atoms with E-state index in [1.54, 1.807) is 25.1 Å². The molecule has 0 saturated carbocycles. The van der Waals surface area contributed by atoms with Gasteiger partial charge in [0.05, 0.1) is 30.2 Å². The fraction of sp³-hybridized carbons (Fsp3) is 0.462. The van der Waals surface area contributed by atoms with E-state index in [2.05, 4.69) is 4.74 Å². The zero-order valence-corrected chi connectivity index (χ0v) is 11.0. The highest BCUT2D eigenvalue weighted by Crippen LogP contribution is 2.24. The molecule has 0 amide bonds. The normalized spacial score (nSPS) is 12.0. The van der Waals surface area contributed by atoms with Crippen molar-refractivity contribution in [1.82, 2.24) is 0 Å². The molecule has 1 unspecified atom stereocenters. The molecule has 0 heterocycles. The number of ether oxygens (including phenoxy) is 1. The lowest BCUT2D eigenvalue weighted by atomic mass is 10.1. The van der Waals surface area contributed by atoms with E-state index >= 15 is 0 Å². The van der Waals surface area contributed by atoms with E-state index in [0.29, 0.717) is 24.2 Å². The van der Waals surface area contributed by atoms with Gasteiger partial charge in [-0.25, -0.2) is 4.79 Å². The lowest BCUT2D eigenvalue weighted by Gasteiger charge is -2.22. The summed E-state index contributed by atoms with van der Waals surface area (Å²) in [5.74, 6) is -0.389. The van der Waals surface area contributed by atoms with Crippen LogP contribution in [0.3, 0.4) is 0 Å². The molecule has 18 heavy (non-hydrogen) atoms. The number of rotatable bonds is 5. The molecule has 1 rings (SSSR count). The summed E-state index contributed by atoms with van der Waals surface area (Å²) in [5.41, 5.74) is 7.70. The van der Waals surface area contributed by atoms with Gasteiger partial charge in [-0.05, 0) is 31.5 Å². The van der Waals surface area contributed by atoms with E-state index in [-0.39, 0.29) is 12.1 Å². The van der Waals surface area contributed by atoms with Crippen molar-refractivity contribution in [2.45, 2.75) is 19.4 Å². The van der Waals surface area contributed by atoms with Crippen LogP contribution in [0, 0.1) is 0 Å². The number of esters is 1. The topological polar surface area (TPSA) is 75.8 Å². The zero-order valence-electron chi connectivity index (χ0n) is 11.0. The first-order valence-electron chi connectivity index (χ1n) is 5.82. The van der Waals surface area contributed by atoms with Gasteiger partial charge in [-0.15, -0.1) is 0 Å². The van der Waals surface area contributed by atoms with Crippen molar-refractivity contribution in [1.29, 1.82) is 0 Å². The Morgan fingerprint density at radius 1 is 1.56 bits per heavy atom. The summed E-state index contributed by atoms with van der Waals surface area (Å²) in [7, 11) is 3.21. The predicted molar refractivity (Wildman–Crippen MR) is 71.8 cm³/mol. The van der Waals surface area contributed by atoms with Gasteiger partial charge in [0.15, 0.2) is 0 Å². The van der Waals surface area contributed by atoms with E-state index in [9.17, 15) is 9.90 Å². The molecule has 0 bridgehead atoms. The van der Waals surface area contributed by atoms with Crippen LogP contribution in [0.2, 0.25) is 0 Å². The third kappa shape index (κ3) is 3.63. The first-order valence-corrected chi connectivity index (χ1v) is 5.82. The minimum atomic E-state index is -0.389. The fourth-order valence-electron chi connectivity index (χ4n) is 1.62. The van der Waals surface area contributed by atoms with Gasteiger partial charge in [-0.2, -0.15) is 0 Å². The van der Waals surface area contributed by atoms with Crippen molar-refractivity contribution >= 4 is 17.3 Å². The first-order chi connectivity index (χ1) is 8.45. The minimum absolute atomic E-state index is 0.363. The maximum atomic E-state index is 11.4. The number of hydrogen-bond acceptors (Lipinski definition) is 5. The largest absolute Gasteiger partial charge is 0.465 e. The van der Waals surface area contributed by atoms with Crippen LogP contribution in [0.25, 0.3) is 0 Å². The molecular weight excluding hydrogens is 232 g/mol. The summed E-state index contributed by atoms with van der Waals surface area (Å²) in [6.07, 6.45) is 0.274. The molecule has 100 valence electrons. The Morgan fingerprint density at radius 3 is 2.78 bits per heavy atom. The van der Waals surface area contributed by atoms with Crippen molar-refractivity contribution in [3.63, 3.8) is 0 Å². The maximum absolute atomic E-state index is 11.4. The SMILES string of the molecule is COC(=O)c1ccc(N)c(N(C)CCC(C)O)c1. The van der Waals surface area contributed by atoms with E-state index in [1.807, 2.05) is 11.9 Å². The van der Waals surface area contributed by atoms with Crippen LogP contribution in [-0.2, 0) is 4.74 Å². The predicted octanol–water partition coefficient (Wildman–Crippen LogP) is 1.26. The standard InChI is InChI=1S/C13H20N2O3/c1-9(16)6-7-15(2)12-8-10(13(17)18-3)4-5-11(12)14/h4-5,8-9,16H,6-7,14H2,1-3H3. The number of carbonyl (C=O) groups is 1. The highest BCUT2D eigenvalue weighted by molar-refractivity contribution is 5.92. The van der Waals surface area contributed by atoms with Crippen LogP contribution in [0.5, 0.6) is 0 Å². The minimum Gasteiger partial charge on any atom is -0.465 e. The molecule has 0 radical (unpaired) electrons. The highest BCUT2D eigenvalue weighted by atomic mass is 16.5. The Bertz CT molecular complexity index is 419. The van der Waals surface area contributed by atoms with Crippen molar-refractivity contribution in [3.8, 4) is 0 Å². The number of nitrogens with two attached hydrogens (primary N) is 1. The average Bonchev–Trinajstić information content (AvgIpc) is 2.35. The van der Waals surface area contributed by atoms with Crippen LogP contribution in [0.1, 0.15) is 23.7 Å². The van der Waals surface area contributed by atoms with Crippen LogP contribution >= 0.6 is 0 Å². The molecule has 0 aliphatic carbocycles. The molecule has 5 heteroatoms. The average molecular weight is 252 g/mol. The van der Waals surface area contributed by atoms with Gasteiger partial charge in [0, 0.05) is 13.6 Å². The number of nitrogen functional groups attached to an aromatic ring is 1. The summed E-state index contributed by atoms with van der Waals surface area (Å²) in [6.45, 7) is 2.40. The lowest BCUT2D eigenvalue weighted by molar-refractivity contribution is 0.0601. The molecule has 1 aromatic carbocycles. The van der Waals surface area contributed by atoms with Crippen molar-refractivity contribution < 1.29 is 14.6 Å². The molecule has 1 atom stereocenters. The van der Waals surface area contributed by atoms with E-state index < -0.39 is 0 Å². The number of methoxy groups -OCH3 is 1. The number of aliphatic hydroxyl groups excluding tert-OH is 1. The third-order valence-corrected chi connectivity index (χ3v) is 2.75. The summed E-state index contributed by atoms with van der Waals surface area (Å²) in [5, 5.41) is 9.27. The van der Waals surface area contributed by atoms with Gasteiger partial charge in [-0.1, -0.05) is 0 Å². The summed E-state index contributed by atoms with van der Waals surface area (Å²) < 4.78 is 4.67. The van der Waals surface area contributed by atoms with Crippen molar-refractivity contribution in [3.05, 3.63) is 23.8 Å². The maximum Gasteiger partial charge on any atom is 0.337 e. The number of carbonyl (C=O) groups excluding carboxylic acids is 1. The van der Waals surface area contributed by atoms with E-state index in [0.717, 1.165) is 5.69 Å². The van der Waals surface area contributed by atoms with Gasteiger partial charge in [0.1, 0.15) is 0 Å².